The topological polar surface area (TPSA) is 134 Å². The van der Waals surface area contributed by atoms with Crippen LogP contribution in [0.1, 0.15) is 43.4 Å². The first-order chi connectivity index (χ1) is 19.2. The Morgan fingerprint density at radius 2 is 1.82 bits per heavy atom. The molecule has 0 aliphatic carbocycles. The molecule has 2 N–H and O–H groups in total. The van der Waals surface area contributed by atoms with E-state index < -0.39 is 43.3 Å². The minimum absolute atomic E-state index is 0.0934. The van der Waals surface area contributed by atoms with Crippen LogP contribution in [0.2, 0.25) is 0 Å². The zero-order chi connectivity index (χ0) is 28.3. The molecule has 3 amide bonds. The van der Waals surface area contributed by atoms with Crippen molar-refractivity contribution in [2.24, 2.45) is 0 Å². The van der Waals surface area contributed by atoms with Crippen molar-refractivity contribution in [2.75, 3.05) is 19.9 Å². The molecule has 1 saturated heterocycles. The van der Waals surface area contributed by atoms with E-state index in [1.165, 1.54) is 16.7 Å². The van der Waals surface area contributed by atoms with E-state index in [0.29, 0.717) is 35.0 Å². The molecule has 2 aromatic carbocycles. The van der Waals surface area contributed by atoms with Gasteiger partial charge in [0.2, 0.25) is 12.7 Å². The summed E-state index contributed by atoms with van der Waals surface area (Å²) in [6.45, 7) is -0.849. The number of likely N-dealkylation sites (tertiary alicyclic amines) is 1. The third kappa shape index (κ3) is 6.18. The number of benzene rings is 2. The standard InChI is InChI=1S/C27H23F2N5O5S/c28-27(29)9-19(10-30)34(14-27)24(35)12-32-26(37)20-13-40-23(33-20)8-16-1-4-18(5-2-16)25(36)31-11-17-3-6-21-22(7-17)39-15-38-21/h1-7,13,19H,8-9,11-12,14-15H2,(H,31,36)(H,32,37)/t19-/m0/s1. The van der Waals surface area contributed by atoms with Crippen LogP contribution in [0.3, 0.4) is 0 Å². The van der Waals surface area contributed by atoms with Gasteiger partial charge in [0.15, 0.2) is 11.5 Å². The molecule has 1 atom stereocenters. The van der Waals surface area contributed by atoms with Crippen LogP contribution in [0.5, 0.6) is 11.5 Å². The average Bonchev–Trinajstić information content (AvgIpc) is 3.68. The van der Waals surface area contributed by atoms with E-state index in [4.69, 9.17) is 14.7 Å². The Bertz CT molecular complexity index is 1490. The zero-order valence-corrected chi connectivity index (χ0v) is 21.8. The van der Waals surface area contributed by atoms with Gasteiger partial charge in [0.05, 0.1) is 24.2 Å². The Morgan fingerprint density at radius 1 is 1.07 bits per heavy atom. The van der Waals surface area contributed by atoms with Gasteiger partial charge in [0.25, 0.3) is 17.7 Å². The molecule has 40 heavy (non-hydrogen) atoms. The largest absolute Gasteiger partial charge is 0.454 e. The zero-order valence-electron chi connectivity index (χ0n) is 21.0. The lowest BCUT2D eigenvalue weighted by Gasteiger charge is -2.19. The molecule has 3 aromatic rings. The number of hydrogen-bond donors (Lipinski definition) is 2. The van der Waals surface area contributed by atoms with Crippen molar-refractivity contribution in [2.45, 2.75) is 31.4 Å². The highest BCUT2D eigenvalue weighted by molar-refractivity contribution is 7.09. The number of hydrogen-bond acceptors (Lipinski definition) is 8. The molecular formula is C27H23F2N5O5S. The van der Waals surface area contributed by atoms with Gasteiger partial charge in [-0.1, -0.05) is 18.2 Å². The van der Waals surface area contributed by atoms with E-state index >= 15 is 0 Å². The summed E-state index contributed by atoms with van der Waals surface area (Å²) in [4.78, 5) is 42.4. The summed E-state index contributed by atoms with van der Waals surface area (Å²) < 4.78 is 37.8. The first kappa shape index (κ1) is 27.0. The Balaban J connectivity index is 1.10. The molecule has 3 heterocycles. The lowest BCUT2D eigenvalue weighted by atomic mass is 10.1. The van der Waals surface area contributed by atoms with Crippen molar-refractivity contribution in [1.82, 2.24) is 20.5 Å². The van der Waals surface area contributed by atoms with Gasteiger partial charge in [-0.2, -0.15) is 5.26 Å². The highest BCUT2D eigenvalue weighted by atomic mass is 32.1. The predicted molar refractivity (Wildman–Crippen MR) is 138 cm³/mol. The summed E-state index contributed by atoms with van der Waals surface area (Å²) in [6.07, 6.45) is -0.297. The summed E-state index contributed by atoms with van der Waals surface area (Å²) in [5.74, 6) is -3.41. The number of alkyl halides is 2. The van der Waals surface area contributed by atoms with Crippen LogP contribution < -0.4 is 20.1 Å². The quantitative estimate of drug-likeness (QED) is 0.428. The Kier molecular flexibility index (Phi) is 7.61. The number of amides is 3. The summed E-state index contributed by atoms with van der Waals surface area (Å²) in [5, 5.41) is 16.5. The van der Waals surface area contributed by atoms with E-state index in [2.05, 4.69) is 15.6 Å². The Hall–Kier alpha value is -4.57. The number of ether oxygens (including phenoxy) is 2. The van der Waals surface area contributed by atoms with Crippen LogP contribution in [-0.2, 0) is 17.8 Å². The Labute approximate surface area is 231 Å². The maximum atomic E-state index is 13.6. The van der Waals surface area contributed by atoms with Gasteiger partial charge >= 0.3 is 0 Å². The number of rotatable bonds is 8. The monoisotopic (exact) mass is 567 g/mol. The van der Waals surface area contributed by atoms with Gasteiger partial charge in [0.1, 0.15) is 11.7 Å². The van der Waals surface area contributed by atoms with E-state index in [1.54, 1.807) is 36.4 Å². The second-order valence-corrected chi connectivity index (χ2v) is 10.2. The fourth-order valence-electron chi connectivity index (χ4n) is 4.32. The van der Waals surface area contributed by atoms with Gasteiger partial charge in [-0.3, -0.25) is 14.4 Å². The Morgan fingerprint density at radius 3 is 2.60 bits per heavy atom. The van der Waals surface area contributed by atoms with Crippen LogP contribution in [-0.4, -0.2) is 59.5 Å². The molecule has 2 aliphatic heterocycles. The van der Waals surface area contributed by atoms with E-state index in [9.17, 15) is 23.2 Å². The molecule has 0 radical (unpaired) electrons. The van der Waals surface area contributed by atoms with Gasteiger partial charge in [-0.15, -0.1) is 11.3 Å². The third-order valence-corrected chi connectivity index (χ3v) is 7.23. The van der Waals surface area contributed by atoms with Crippen LogP contribution in [0.25, 0.3) is 0 Å². The van der Waals surface area contributed by atoms with Crippen LogP contribution in [0.4, 0.5) is 8.78 Å². The van der Waals surface area contributed by atoms with Crippen molar-refractivity contribution in [1.29, 1.82) is 5.26 Å². The van der Waals surface area contributed by atoms with Crippen LogP contribution in [0, 0.1) is 11.3 Å². The minimum Gasteiger partial charge on any atom is -0.454 e. The number of carbonyl (C=O) groups excluding carboxylic acids is 3. The lowest BCUT2D eigenvalue weighted by Crippen LogP contribution is -2.43. The molecule has 2 aliphatic rings. The number of thiazole rings is 1. The number of nitrogens with one attached hydrogen (secondary N) is 2. The normalized spacial score (nSPS) is 16.8. The number of nitrogens with zero attached hydrogens (tertiary/aromatic N) is 3. The van der Waals surface area contributed by atoms with Gasteiger partial charge in [-0.25, -0.2) is 13.8 Å². The van der Waals surface area contributed by atoms with Gasteiger partial charge in [-0.05, 0) is 35.4 Å². The molecule has 206 valence electrons. The summed E-state index contributed by atoms with van der Waals surface area (Å²) >= 11 is 1.25. The van der Waals surface area contributed by atoms with Crippen molar-refractivity contribution in [3.05, 3.63) is 75.2 Å². The fourth-order valence-corrected chi connectivity index (χ4v) is 5.13. The molecule has 1 fully saturated rings. The van der Waals surface area contributed by atoms with Crippen LogP contribution in [0.15, 0.2) is 47.8 Å². The minimum atomic E-state index is -3.12. The predicted octanol–water partition coefficient (Wildman–Crippen LogP) is 2.88. The highest BCUT2D eigenvalue weighted by Gasteiger charge is 2.47. The molecule has 1 aromatic heterocycles. The number of aromatic nitrogens is 1. The van der Waals surface area contributed by atoms with Gasteiger partial charge in [0, 0.05) is 30.3 Å². The number of carbonyl (C=O) groups is 3. The SMILES string of the molecule is N#C[C@@H]1CC(F)(F)CN1C(=O)CNC(=O)c1csc(Cc2ccc(C(=O)NCc3ccc4c(c3)OCO4)cc2)n1. The van der Waals surface area contributed by atoms with E-state index in [1.807, 2.05) is 12.1 Å². The summed E-state index contributed by atoms with van der Waals surface area (Å²) in [7, 11) is 0. The molecule has 0 unspecified atom stereocenters. The highest BCUT2D eigenvalue weighted by Crippen LogP contribution is 2.33. The van der Waals surface area contributed by atoms with Crippen LogP contribution >= 0.6 is 11.3 Å². The molecule has 0 saturated carbocycles. The average molecular weight is 568 g/mol. The maximum absolute atomic E-state index is 13.6. The van der Waals surface area contributed by atoms with E-state index in [-0.39, 0.29) is 18.4 Å². The smallest absolute Gasteiger partial charge is 0.271 e. The molecule has 10 nitrogen and oxygen atoms in total. The number of nitriles is 1. The lowest BCUT2D eigenvalue weighted by molar-refractivity contribution is -0.131. The molecule has 0 bridgehead atoms. The number of fused-ring (bicyclic) bond motifs is 1. The molecule has 5 rings (SSSR count). The van der Waals surface area contributed by atoms with Crippen molar-refractivity contribution in [3.8, 4) is 17.6 Å². The second-order valence-electron chi connectivity index (χ2n) is 9.28. The first-order valence-electron chi connectivity index (χ1n) is 12.3. The summed E-state index contributed by atoms with van der Waals surface area (Å²) in [5.41, 5.74) is 2.34. The van der Waals surface area contributed by atoms with E-state index in [0.717, 1.165) is 16.0 Å². The maximum Gasteiger partial charge on any atom is 0.271 e. The molecular weight excluding hydrogens is 544 g/mol. The number of halogens is 2. The second kappa shape index (κ2) is 11.3. The molecule has 0 spiro atoms. The van der Waals surface area contributed by atoms with Crippen molar-refractivity contribution in [3.63, 3.8) is 0 Å². The third-order valence-electron chi connectivity index (χ3n) is 6.39. The van der Waals surface area contributed by atoms with Crippen molar-refractivity contribution < 1.29 is 32.6 Å². The fraction of sp³-hybridized carbons (Fsp3) is 0.296. The molecule has 13 heteroatoms. The summed E-state index contributed by atoms with van der Waals surface area (Å²) in [6, 6.07) is 13.0. The van der Waals surface area contributed by atoms with Gasteiger partial charge < -0.3 is 25.0 Å². The van der Waals surface area contributed by atoms with Crippen molar-refractivity contribution >= 4 is 29.1 Å². The first-order valence-corrected chi connectivity index (χ1v) is 13.1.